The van der Waals surface area contributed by atoms with Gasteiger partial charge in [0.15, 0.2) is 6.10 Å². The van der Waals surface area contributed by atoms with Gasteiger partial charge in [0, 0.05) is 28.8 Å². The second-order valence-electron chi connectivity index (χ2n) is 5.79. The smallest absolute Gasteiger partial charge is 0.349 e. The SMILES string of the molecule is COCc1c(C(=O)O[C@@H](C)C(=O)NC2CC2)sc2cccc(F)c12. The second kappa shape index (κ2) is 6.86. The summed E-state index contributed by atoms with van der Waals surface area (Å²) in [4.78, 5) is 24.7. The van der Waals surface area contributed by atoms with Crippen molar-refractivity contribution in [3.63, 3.8) is 0 Å². The maximum atomic E-state index is 14.1. The van der Waals surface area contributed by atoms with Crippen molar-refractivity contribution >= 4 is 33.3 Å². The first kappa shape index (κ1) is 16.9. The number of nitrogens with one attached hydrogen (secondary N) is 1. The zero-order valence-corrected chi connectivity index (χ0v) is 14.2. The lowest BCUT2D eigenvalue weighted by molar-refractivity contribution is -0.129. The molecule has 0 radical (unpaired) electrons. The molecule has 1 aliphatic rings. The van der Waals surface area contributed by atoms with Crippen molar-refractivity contribution in [1.82, 2.24) is 5.32 Å². The van der Waals surface area contributed by atoms with Gasteiger partial charge in [-0.2, -0.15) is 0 Å². The Hall–Kier alpha value is -1.99. The highest BCUT2D eigenvalue weighted by molar-refractivity contribution is 7.21. The fourth-order valence-electron chi connectivity index (χ4n) is 2.43. The van der Waals surface area contributed by atoms with Crippen molar-refractivity contribution in [2.45, 2.75) is 38.5 Å². The Labute approximate surface area is 142 Å². The minimum atomic E-state index is -0.899. The Bertz CT molecular complexity index is 784. The van der Waals surface area contributed by atoms with E-state index in [-0.39, 0.29) is 23.4 Å². The van der Waals surface area contributed by atoms with Crippen molar-refractivity contribution in [1.29, 1.82) is 0 Å². The molecule has 24 heavy (non-hydrogen) atoms. The van der Waals surface area contributed by atoms with Gasteiger partial charge in [0.05, 0.1) is 6.61 Å². The van der Waals surface area contributed by atoms with Crippen molar-refractivity contribution in [2.75, 3.05) is 7.11 Å². The van der Waals surface area contributed by atoms with Gasteiger partial charge < -0.3 is 14.8 Å². The fraction of sp³-hybridized carbons (Fsp3) is 0.412. The summed E-state index contributed by atoms with van der Waals surface area (Å²) in [6.07, 6.45) is 1.02. The van der Waals surface area contributed by atoms with Crippen LogP contribution in [-0.2, 0) is 20.9 Å². The van der Waals surface area contributed by atoms with Gasteiger partial charge >= 0.3 is 5.97 Å². The molecule has 128 valence electrons. The van der Waals surface area contributed by atoms with Crippen molar-refractivity contribution in [3.8, 4) is 0 Å². The first-order valence-corrected chi connectivity index (χ1v) is 8.53. The highest BCUT2D eigenvalue weighted by Gasteiger charge is 2.29. The number of amides is 1. The molecule has 1 aromatic carbocycles. The molecule has 0 bridgehead atoms. The van der Waals surface area contributed by atoms with Gasteiger partial charge in [0.2, 0.25) is 0 Å². The van der Waals surface area contributed by atoms with Crippen LogP contribution in [0.1, 0.15) is 35.0 Å². The highest BCUT2D eigenvalue weighted by atomic mass is 32.1. The van der Waals surface area contributed by atoms with Crippen LogP contribution >= 0.6 is 11.3 Å². The summed E-state index contributed by atoms with van der Waals surface area (Å²) >= 11 is 1.14. The van der Waals surface area contributed by atoms with E-state index in [0.717, 1.165) is 24.2 Å². The van der Waals surface area contributed by atoms with Gasteiger partial charge in [0.25, 0.3) is 5.91 Å². The third kappa shape index (κ3) is 3.42. The molecular weight excluding hydrogens is 333 g/mol. The summed E-state index contributed by atoms with van der Waals surface area (Å²) in [5, 5.41) is 3.16. The number of carbonyl (C=O) groups is 2. The summed E-state index contributed by atoms with van der Waals surface area (Å²) in [6, 6.07) is 4.86. The van der Waals surface area contributed by atoms with Crippen LogP contribution in [0.3, 0.4) is 0 Å². The molecular formula is C17H18FNO4S. The largest absolute Gasteiger partial charge is 0.448 e. The molecule has 1 atom stereocenters. The molecule has 1 saturated carbocycles. The molecule has 1 aliphatic carbocycles. The Balaban J connectivity index is 1.84. The second-order valence-corrected chi connectivity index (χ2v) is 6.84. The number of methoxy groups -OCH3 is 1. The Morgan fingerprint density at radius 3 is 2.83 bits per heavy atom. The molecule has 1 fully saturated rings. The third-order valence-electron chi connectivity index (χ3n) is 3.81. The molecule has 5 nitrogen and oxygen atoms in total. The van der Waals surface area contributed by atoms with Crippen molar-refractivity contribution in [2.24, 2.45) is 0 Å². The number of carbonyl (C=O) groups excluding carboxylic acids is 2. The van der Waals surface area contributed by atoms with Crippen LogP contribution in [0.4, 0.5) is 4.39 Å². The highest BCUT2D eigenvalue weighted by Crippen LogP contribution is 2.34. The van der Waals surface area contributed by atoms with Gasteiger partial charge in [-0.3, -0.25) is 4.79 Å². The number of fused-ring (bicyclic) bond motifs is 1. The fourth-order valence-corrected chi connectivity index (χ4v) is 3.53. The zero-order chi connectivity index (χ0) is 17.3. The first-order chi connectivity index (χ1) is 11.5. The number of ether oxygens (including phenoxy) is 2. The maximum Gasteiger partial charge on any atom is 0.349 e. The van der Waals surface area contributed by atoms with E-state index >= 15 is 0 Å². The number of thiophene rings is 1. The summed E-state index contributed by atoms with van der Waals surface area (Å²) in [7, 11) is 1.48. The monoisotopic (exact) mass is 351 g/mol. The number of esters is 1. The van der Waals surface area contributed by atoms with E-state index in [9.17, 15) is 14.0 Å². The van der Waals surface area contributed by atoms with Crippen LogP contribution in [0.2, 0.25) is 0 Å². The van der Waals surface area contributed by atoms with E-state index in [1.54, 1.807) is 12.1 Å². The molecule has 1 aromatic heterocycles. The topological polar surface area (TPSA) is 64.6 Å². The van der Waals surface area contributed by atoms with Gasteiger partial charge in [-0.1, -0.05) is 6.07 Å². The van der Waals surface area contributed by atoms with Crippen LogP contribution in [0.5, 0.6) is 0 Å². The Morgan fingerprint density at radius 2 is 2.17 bits per heavy atom. The number of hydrogen-bond donors (Lipinski definition) is 1. The molecule has 1 amide bonds. The summed E-state index contributed by atoms with van der Waals surface area (Å²) in [6.45, 7) is 1.62. The van der Waals surface area contributed by atoms with E-state index in [4.69, 9.17) is 9.47 Å². The van der Waals surface area contributed by atoms with Gasteiger partial charge in [-0.05, 0) is 31.9 Å². The number of halogens is 1. The Kier molecular flexibility index (Phi) is 4.82. The number of rotatable bonds is 6. The molecule has 0 unspecified atom stereocenters. The number of hydrogen-bond acceptors (Lipinski definition) is 5. The molecule has 3 rings (SSSR count). The molecule has 1 heterocycles. The molecule has 2 aromatic rings. The van der Waals surface area contributed by atoms with E-state index in [2.05, 4.69) is 5.32 Å². The molecule has 0 spiro atoms. The van der Waals surface area contributed by atoms with Crippen LogP contribution in [0.25, 0.3) is 10.1 Å². The van der Waals surface area contributed by atoms with Crippen LogP contribution < -0.4 is 5.32 Å². The van der Waals surface area contributed by atoms with E-state index in [0.29, 0.717) is 15.6 Å². The van der Waals surface area contributed by atoms with Gasteiger partial charge in [0.1, 0.15) is 10.7 Å². The predicted octanol–water partition coefficient (Wildman–Crippen LogP) is 3.01. The lowest BCUT2D eigenvalue weighted by Crippen LogP contribution is -2.37. The lowest BCUT2D eigenvalue weighted by atomic mass is 10.1. The first-order valence-electron chi connectivity index (χ1n) is 7.71. The quantitative estimate of drug-likeness (QED) is 0.813. The lowest BCUT2D eigenvalue weighted by Gasteiger charge is -2.13. The summed E-state index contributed by atoms with van der Waals surface area (Å²) in [5.41, 5.74) is 0.454. The molecule has 1 N–H and O–H groups in total. The molecule has 0 aliphatic heterocycles. The summed E-state index contributed by atoms with van der Waals surface area (Å²) in [5.74, 6) is -1.36. The van der Waals surface area contributed by atoms with Crippen molar-refractivity contribution < 1.29 is 23.5 Å². The minimum Gasteiger partial charge on any atom is -0.448 e. The van der Waals surface area contributed by atoms with Crippen molar-refractivity contribution in [3.05, 3.63) is 34.5 Å². The normalized spacial score (nSPS) is 15.3. The zero-order valence-electron chi connectivity index (χ0n) is 13.4. The predicted molar refractivity (Wildman–Crippen MR) is 88.5 cm³/mol. The van der Waals surface area contributed by atoms with E-state index < -0.39 is 17.9 Å². The molecule has 0 saturated heterocycles. The van der Waals surface area contributed by atoms with Crippen LogP contribution in [-0.4, -0.2) is 31.1 Å². The maximum absolute atomic E-state index is 14.1. The standard InChI is InChI=1S/C17H18FNO4S/c1-9(16(20)19-10-6-7-10)23-17(21)15-11(8-22-2)14-12(18)4-3-5-13(14)24-15/h3-5,9-10H,6-8H2,1-2H3,(H,19,20)/t9-/m0/s1. The van der Waals surface area contributed by atoms with E-state index in [1.165, 1.54) is 20.1 Å². The van der Waals surface area contributed by atoms with Gasteiger partial charge in [-0.25, -0.2) is 9.18 Å². The van der Waals surface area contributed by atoms with Gasteiger partial charge in [-0.15, -0.1) is 11.3 Å². The van der Waals surface area contributed by atoms with Crippen LogP contribution in [0, 0.1) is 5.82 Å². The average Bonchev–Trinajstić information content (AvgIpc) is 3.27. The Morgan fingerprint density at radius 1 is 1.42 bits per heavy atom. The number of benzene rings is 1. The average molecular weight is 351 g/mol. The van der Waals surface area contributed by atoms with Crippen LogP contribution in [0.15, 0.2) is 18.2 Å². The van der Waals surface area contributed by atoms with E-state index in [1.807, 2.05) is 0 Å². The third-order valence-corrected chi connectivity index (χ3v) is 4.99. The molecule has 7 heteroatoms. The summed E-state index contributed by atoms with van der Waals surface area (Å²) < 4.78 is 25.1. The minimum absolute atomic E-state index is 0.0913.